The van der Waals surface area contributed by atoms with Crippen molar-refractivity contribution in [3.63, 3.8) is 0 Å². The molecule has 3 aromatic carbocycles. The number of aryl methyl sites for hydroxylation is 2. The monoisotopic (exact) mass is 434 g/mol. The van der Waals surface area contributed by atoms with E-state index in [0.29, 0.717) is 40.9 Å². The third kappa shape index (κ3) is 4.27. The molecule has 31 heavy (non-hydrogen) atoms. The zero-order valence-electron chi connectivity index (χ0n) is 16.9. The Kier molecular flexibility index (Phi) is 5.34. The molecule has 6 nitrogen and oxygen atoms in total. The van der Waals surface area contributed by atoms with Crippen molar-refractivity contribution in [3.05, 3.63) is 77.4 Å². The van der Waals surface area contributed by atoms with Crippen molar-refractivity contribution in [2.45, 2.75) is 24.2 Å². The molecule has 5 rings (SSSR count). The molecule has 0 spiro atoms. The molecule has 1 heterocycles. The molecule has 0 bridgehead atoms. The van der Waals surface area contributed by atoms with E-state index in [1.807, 2.05) is 6.07 Å². The van der Waals surface area contributed by atoms with Crippen LogP contribution >= 0.6 is 0 Å². The van der Waals surface area contributed by atoms with Crippen molar-refractivity contribution in [2.75, 3.05) is 23.3 Å². The molecule has 3 aromatic rings. The minimum absolute atomic E-state index is 0.169. The van der Waals surface area contributed by atoms with Crippen LogP contribution in [0.5, 0.6) is 11.5 Å². The van der Waals surface area contributed by atoms with Gasteiger partial charge in [-0.25, -0.2) is 4.21 Å². The molecular weight excluding hydrogens is 412 g/mol. The van der Waals surface area contributed by atoms with Crippen molar-refractivity contribution in [2.24, 2.45) is 0 Å². The zero-order chi connectivity index (χ0) is 21.2. The van der Waals surface area contributed by atoms with E-state index in [0.717, 1.165) is 18.5 Å². The zero-order valence-corrected chi connectivity index (χ0v) is 17.7. The van der Waals surface area contributed by atoms with Crippen LogP contribution in [0.2, 0.25) is 0 Å². The maximum Gasteiger partial charge on any atom is 0.255 e. The summed E-state index contributed by atoms with van der Waals surface area (Å²) in [5, 5.41) is 2.96. The number of fused-ring (bicyclic) bond motifs is 2. The number of ether oxygens (including phenoxy) is 2. The minimum atomic E-state index is -1.47. The molecule has 0 fully saturated rings. The largest absolute Gasteiger partial charge is 0.486 e. The van der Waals surface area contributed by atoms with Gasteiger partial charge in [0, 0.05) is 23.0 Å². The van der Waals surface area contributed by atoms with Crippen molar-refractivity contribution >= 4 is 28.3 Å². The summed E-state index contributed by atoms with van der Waals surface area (Å²) < 4.78 is 26.7. The summed E-state index contributed by atoms with van der Waals surface area (Å²) in [7, 11) is -1.47. The fourth-order valence-corrected chi connectivity index (χ4v) is 4.72. The highest BCUT2D eigenvalue weighted by Gasteiger charge is 2.15. The number of nitrogens with one attached hydrogen (secondary N) is 2. The van der Waals surface area contributed by atoms with Gasteiger partial charge in [0.15, 0.2) is 11.5 Å². The quantitative estimate of drug-likeness (QED) is 0.627. The van der Waals surface area contributed by atoms with Gasteiger partial charge >= 0.3 is 0 Å². The number of carbonyl (C=O) groups excluding carboxylic acids is 1. The molecule has 158 valence electrons. The molecule has 0 radical (unpaired) electrons. The first kappa shape index (κ1) is 19.6. The third-order valence-corrected chi connectivity index (χ3v) is 6.54. The number of benzene rings is 3. The van der Waals surface area contributed by atoms with E-state index in [4.69, 9.17) is 9.47 Å². The predicted molar refractivity (Wildman–Crippen MR) is 120 cm³/mol. The van der Waals surface area contributed by atoms with Gasteiger partial charge < -0.3 is 19.5 Å². The average molecular weight is 435 g/mol. The van der Waals surface area contributed by atoms with Crippen LogP contribution in [0.1, 0.15) is 27.9 Å². The normalized spacial score (nSPS) is 15.1. The lowest BCUT2D eigenvalue weighted by atomic mass is 10.1. The Labute approximate surface area is 183 Å². The Hall–Kier alpha value is -3.32. The number of hydrogen-bond acceptors (Lipinski definition) is 4. The fraction of sp³-hybridized carbons (Fsp3) is 0.208. The van der Waals surface area contributed by atoms with Crippen LogP contribution in [-0.2, 0) is 23.8 Å². The molecule has 1 unspecified atom stereocenters. The summed E-state index contributed by atoms with van der Waals surface area (Å²) in [6.07, 6.45) is 3.36. The van der Waals surface area contributed by atoms with Gasteiger partial charge in [-0.05, 0) is 78.9 Å². The van der Waals surface area contributed by atoms with Gasteiger partial charge in [0.05, 0.1) is 4.90 Å². The summed E-state index contributed by atoms with van der Waals surface area (Å²) in [6, 6.07) is 18.2. The van der Waals surface area contributed by atoms with E-state index < -0.39 is 11.0 Å². The van der Waals surface area contributed by atoms with Gasteiger partial charge in [0.2, 0.25) is 0 Å². The van der Waals surface area contributed by atoms with Crippen LogP contribution in [0.3, 0.4) is 0 Å². The molecule has 1 aliphatic heterocycles. The van der Waals surface area contributed by atoms with Crippen LogP contribution in [-0.4, -0.2) is 23.3 Å². The predicted octanol–water partition coefficient (Wildman–Crippen LogP) is 4.33. The summed E-state index contributed by atoms with van der Waals surface area (Å²) in [4.78, 5) is 13.2. The smallest absolute Gasteiger partial charge is 0.255 e. The van der Waals surface area contributed by atoms with Crippen LogP contribution in [0.15, 0.2) is 65.6 Å². The van der Waals surface area contributed by atoms with Crippen molar-refractivity contribution in [3.8, 4) is 11.5 Å². The SMILES string of the molecule is O=C(Nc1ccc2c(c1)CCC2)c1ccc(NS(=O)c2ccc3c(c2)OCCO3)cc1. The van der Waals surface area contributed by atoms with Gasteiger partial charge in [0.1, 0.15) is 24.2 Å². The fourth-order valence-electron chi connectivity index (χ4n) is 3.85. The summed E-state index contributed by atoms with van der Waals surface area (Å²) in [5.74, 6) is 1.08. The molecule has 2 aliphatic rings. The van der Waals surface area contributed by atoms with Gasteiger partial charge in [-0.1, -0.05) is 6.07 Å². The lowest BCUT2D eigenvalue weighted by Gasteiger charge is -2.18. The van der Waals surface area contributed by atoms with Crippen LogP contribution in [0.25, 0.3) is 0 Å². The first-order valence-corrected chi connectivity index (χ1v) is 11.4. The minimum Gasteiger partial charge on any atom is -0.486 e. The maximum atomic E-state index is 12.7. The number of rotatable bonds is 5. The first-order valence-electron chi connectivity index (χ1n) is 10.3. The second kappa shape index (κ2) is 8.43. The highest BCUT2D eigenvalue weighted by atomic mass is 32.2. The van der Waals surface area contributed by atoms with Crippen LogP contribution in [0.4, 0.5) is 11.4 Å². The number of carbonyl (C=O) groups is 1. The van der Waals surface area contributed by atoms with Crippen molar-refractivity contribution in [1.82, 2.24) is 0 Å². The molecule has 0 saturated carbocycles. The standard InChI is InChI=1S/C24H22N2O4S/c27-24(25-20-9-4-16-2-1-3-18(16)14-20)17-5-7-19(8-6-17)26-31(28)21-10-11-22-23(15-21)30-13-12-29-22/h4-11,14-15,26H,1-3,12-13H2,(H,25,27). The highest BCUT2D eigenvalue weighted by molar-refractivity contribution is 7.86. The van der Waals surface area contributed by atoms with Crippen LogP contribution < -0.4 is 19.5 Å². The van der Waals surface area contributed by atoms with Gasteiger partial charge in [-0.15, -0.1) is 0 Å². The summed E-state index contributed by atoms with van der Waals surface area (Å²) >= 11 is 0. The second-order valence-corrected chi connectivity index (χ2v) is 8.76. The highest BCUT2D eigenvalue weighted by Crippen LogP contribution is 2.32. The van der Waals surface area contributed by atoms with Crippen molar-refractivity contribution in [1.29, 1.82) is 0 Å². The number of hydrogen-bond donors (Lipinski definition) is 2. The Morgan fingerprint density at radius 3 is 2.39 bits per heavy atom. The second-order valence-electron chi connectivity index (χ2n) is 7.54. The lowest BCUT2D eigenvalue weighted by Crippen LogP contribution is -2.16. The summed E-state index contributed by atoms with van der Waals surface area (Å²) in [5.41, 5.74) is 4.70. The average Bonchev–Trinajstić information content (AvgIpc) is 3.27. The molecule has 2 N–H and O–H groups in total. The molecule has 0 saturated heterocycles. The van der Waals surface area contributed by atoms with E-state index >= 15 is 0 Å². The van der Waals surface area contributed by atoms with E-state index in [1.165, 1.54) is 17.5 Å². The molecule has 1 atom stereocenters. The van der Waals surface area contributed by atoms with Gasteiger partial charge in [-0.2, -0.15) is 0 Å². The van der Waals surface area contributed by atoms with Gasteiger partial charge in [0.25, 0.3) is 5.91 Å². The lowest BCUT2D eigenvalue weighted by molar-refractivity contribution is 0.102. The molecule has 7 heteroatoms. The number of amides is 1. The molecule has 0 aromatic heterocycles. The van der Waals surface area contributed by atoms with E-state index in [-0.39, 0.29) is 5.91 Å². The Bertz CT molecular complexity index is 1160. The third-order valence-electron chi connectivity index (χ3n) is 5.44. The van der Waals surface area contributed by atoms with E-state index in [1.54, 1.807) is 42.5 Å². The molecule has 1 aliphatic carbocycles. The Morgan fingerprint density at radius 1 is 0.806 bits per heavy atom. The maximum absolute atomic E-state index is 12.7. The Balaban J connectivity index is 1.23. The van der Waals surface area contributed by atoms with E-state index in [2.05, 4.69) is 22.2 Å². The summed E-state index contributed by atoms with van der Waals surface area (Å²) in [6.45, 7) is 0.992. The Morgan fingerprint density at radius 2 is 1.55 bits per heavy atom. The first-order chi connectivity index (χ1) is 15.2. The van der Waals surface area contributed by atoms with E-state index in [9.17, 15) is 9.00 Å². The van der Waals surface area contributed by atoms with Crippen LogP contribution in [0, 0.1) is 0 Å². The molecular formula is C24H22N2O4S. The topological polar surface area (TPSA) is 76.7 Å². The molecule has 1 amide bonds. The number of anilines is 2. The van der Waals surface area contributed by atoms with Gasteiger partial charge in [-0.3, -0.25) is 4.79 Å². The van der Waals surface area contributed by atoms with Crippen molar-refractivity contribution < 1.29 is 18.5 Å².